The molecule has 0 unspecified atom stereocenters. The average molecular weight is 329 g/mol. The van der Waals surface area contributed by atoms with Gasteiger partial charge in [-0.1, -0.05) is 25.6 Å². The second-order valence-electron chi connectivity index (χ2n) is 5.29. The third kappa shape index (κ3) is 3.34. The molecule has 0 saturated carbocycles. The molecule has 0 fully saturated rings. The smallest absolute Gasteiger partial charge is 0.347 e. The van der Waals surface area contributed by atoms with Crippen molar-refractivity contribution in [1.82, 2.24) is 9.88 Å². The van der Waals surface area contributed by atoms with Crippen molar-refractivity contribution in [2.75, 3.05) is 6.54 Å². The Bertz CT molecular complexity index is 786. The fourth-order valence-corrected chi connectivity index (χ4v) is 2.77. The van der Waals surface area contributed by atoms with Gasteiger partial charge in [0.25, 0.3) is 0 Å². The molecule has 1 aliphatic heterocycles. The van der Waals surface area contributed by atoms with Gasteiger partial charge < -0.3 is 16.4 Å². The molecule has 2 aromatic rings. The first kappa shape index (κ1) is 17.4. The van der Waals surface area contributed by atoms with Crippen LogP contribution >= 0.6 is 0 Å². The van der Waals surface area contributed by atoms with Crippen molar-refractivity contribution in [1.29, 1.82) is 0 Å². The number of hydrogen-bond acceptors (Lipinski definition) is 2. The maximum Gasteiger partial charge on any atom is 0.347 e. The maximum atomic E-state index is 14.1. The monoisotopic (exact) mass is 329 g/mol. The summed E-state index contributed by atoms with van der Waals surface area (Å²) in [5.41, 5.74) is 13.7. The Morgan fingerprint density at radius 2 is 2.04 bits per heavy atom. The summed E-state index contributed by atoms with van der Waals surface area (Å²) < 4.78 is 14.1. The molecule has 1 aromatic carbocycles. The van der Waals surface area contributed by atoms with Crippen LogP contribution in [0, 0.1) is 5.82 Å². The lowest BCUT2D eigenvalue weighted by Crippen LogP contribution is -2.36. The second-order valence-corrected chi connectivity index (χ2v) is 5.29. The molecule has 2 amide bonds. The fourth-order valence-electron chi connectivity index (χ4n) is 2.77. The predicted octanol–water partition coefficient (Wildman–Crippen LogP) is 2.28. The van der Waals surface area contributed by atoms with Crippen molar-refractivity contribution in [3.63, 3.8) is 0 Å². The minimum Gasteiger partial charge on any atom is -0.370 e. The van der Waals surface area contributed by atoms with Crippen LogP contribution in [0.2, 0.25) is 0 Å². The number of carbonyl (C=O) groups excluding carboxylic acids is 1. The van der Waals surface area contributed by atoms with Crippen molar-refractivity contribution < 1.29 is 9.18 Å². The third-order valence-electron chi connectivity index (χ3n) is 3.83. The molecule has 1 aliphatic rings. The Morgan fingerprint density at radius 3 is 2.75 bits per heavy atom. The van der Waals surface area contributed by atoms with Gasteiger partial charge in [0.1, 0.15) is 5.82 Å². The quantitative estimate of drug-likeness (QED) is 0.619. The molecule has 1 aromatic heterocycles. The van der Waals surface area contributed by atoms with Crippen LogP contribution in [0.15, 0.2) is 41.7 Å². The fraction of sp³-hybridized carbons (Fsp3) is 0.235. The number of aromatic nitrogens is 1. The van der Waals surface area contributed by atoms with Crippen LogP contribution in [-0.4, -0.2) is 28.4 Å². The minimum atomic E-state index is -0.486. The van der Waals surface area contributed by atoms with Crippen LogP contribution in [-0.2, 0) is 13.0 Å². The second kappa shape index (κ2) is 7.08. The first-order chi connectivity index (χ1) is 11.1. The van der Waals surface area contributed by atoms with E-state index in [9.17, 15) is 9.18 Å². The van der Waals surface area contributed by atoms with Crippen molar-refractivity contribution in [2.45, 2.75) is 20.4 Å². The van der Waals surface area contributed by atoms with E-state index >= 15 is 0 Å². The third-order valence-corrected chi connectivity index (χ3v) is 3.83. The lowest BCUT2D eigenvalue weighted by Gasteiger charge is -2.29. The van der Waals surface area contributed by atoms with E-state index < -0.39 is 11.8 Å². The van der Waals surface area contributed by atoms with E-state index in [0.717, 1.165) is 16.7 Å². The SMILES string of the molecule is C.NC(N)=NC(=O)N1CCc2cccc(-c3ccncc3F)c2C1. The number of amides is 2. The van der Waals surface area contributed by atoms with Gasteiger partial charge in [-0.25, -0.2) is 9.18 Å². The minimum absolute atomic E-state index is 0. The molecule has 4 N–H and O–H groups in total. The Kier molecular flexibility index (Phi) is 5.13. The summed E-state index contributed by atoms with van der Waals surface area (Å²) in [5, 5.41) is 0. The molecule has 0 saturated heterocycles. The topological polar surface area (TPSA) is 97.6 Å². The highest BCUT2D eigenvalue weighted by atomic mass is 19.1. The number of urea groups is 1. The first-order valence-electron chi connectivity index (χ1n) is 7.15. The zero-order valence-corrected chi connectivity index (χ0v) is 12.4. The highest BCUT2D eigenvalue weighted by Crippen LogP contribution is 2.31. The Morgan fingerprint density at radius 1 is 1.25 bits per heavy atom. The Hall–Kier alpha value is -2.96. The molecule has 7 heteroatoms. The van der Waals surface area contributed by atoms with Gasteiger partial charge in [0.15, 0.2) is 5.96 Å². The van der Waals surface area contributed by atoms with E-state index in [-0.39, 0.29) is 13.4 Å². The molecule has 0 aliphatic carbocycles. The van der Waals surface area contributed by atoms with E-state index in [1.54, 1.807) is 17.2 Å². The van der Waals surface area contributed by atoms with E-state index in [1.807, 2.05) is 18.2 Å². The summed E-state index contributed by atoms with van der Waals surface area (Å²) in [6.45, 7) is 0.855. The van der Waals surface area contributed by atoms with Crippen LogP contribution in [0.4, 0.5) is 9.18 Å². The zero-order chi connectivity index (χ0) is 16.4. The summed E-state index contributed by atoms with van der Waals surface area (Å²) in [6, 6.07) is 6.86. The summed E-state index contributed by atoms with van der Waals surface area (Å²) in [7, 11) is 0. The van der Waals surface area contributed by atoms with Crippen LogP contribution < -0.4 is 11.5 Å². The van der Waals surface area contributed by atoms with Crippen LogP contribution in [0.1, 0.15) is 18.6 Å². The highest BCUT2D eigenvalue weighted by molar-refractivity contribution is 5.90. The molecular formula is C17H20FN5O. The maximum absolute atomic E-state index is 14.1. The molecule has 0 bridgehead atoms. The number of pyridine rings is 1. The van der Waals surface area contributed by atoms with Gasteiger partial charge in [0.05, 0.1) is 6.20 Å². The van der Waals surface area contributed by atoms with Crippen LogP contribution in [0.25, 0.3) is 11.1 Å². The van der Waals surface area contributed by atoms with Gasteiger partial charge in [-0.15, -0.1) is 0 Å². The summed E-state index contributed by atoms with van der Waals surface area (Å²) in [6.07, 6.45) is 3.39. The standard InChI is InChI=1S/C16H16FN5O.CH4/c17-14-8-20-6-4-12(14)11-3-1-2-10-5-7-22(9-13(10)11)16(23)21-15(18)19;/h1-4,6,8H,5,7,9H2,(H4,18,19,21,23);1H4. The van der Waals surface area contributed by atoms with Gasteiger partial charge in [-0.05, 0) is 29.2 Å². The van der Waals surface area contributed by atoms with Crippen LogP contribution in [0.3, 0.4) is 0 Å². The number of rotatable bonds is 1. The van der Waals surface area contributed by atoms with Crippen molar-refractivity contribution in [3.8, 4) is 11.1 Å². The number of aliphatic imine (C=N–C) groups is 1. The van der Waals surface area contributed by atoms with Crippen molar-refractivity contribution >= 4 is 12.0 Å². The molecular weight excluding hydrogens is 309 g/mol. The number of halogens is 1. The molecule has 2 heterocycles. The van der Waals surface area contributed by atoms with Gasteiger partial charge in [0, 0.05) is 24.8 Å². The normalized spacial score (nSPS) is 12.8. The van der Waals surface area contributed by atoms with Crippen molar-refractivity contribution in [2.24, 2.45) is 16.5 Å². The first-order valence-corrected chi connectivity index (χ1v) is 7.15. The van der Waals surface area contributed by atoms with E-state index in [1.165, 1.54) is 6.20 Å². The zero-order valence-electron chi connectivity index (χ0n) is 12.4. The van der Waals surface area contributed by atoms with Crippen molar-refractivity contribution in [3.05, 3.63) is 53.6 Å². The van der Waals surface area contributed by atoms with Gasteiger partial charge >= 0.3 is 6.03 Å². The van der Waals surface area contributed by atoms with Gasteiger partial charge in [-0.2, -0.15) is 4.99 Å². The molecule has 24 heavy (non-hydrogen) atoms. The number of nitrogens with zero attached hydrogens (tertiary/aromatic N) is 3. The average Bonchev–Trinajstić information content (AvgIpc) is 2.54. The number of hydrogen-bond donors (Lipinski definition) is 2. The molecule has 3 rings (SSSR count). The van der Waals surface area contributed by atoms with E-state index in [0.29, 0.717) is 25.1 Å². The van der Waals surface area contributed by atoms with Gasteiger partial charge in [-0.3, -0.25) is 4.98 Å². The Labute approximate surface area is 140 Å². The van der Waals surface area contributed by atoms with E-state index in [4.69, 9.17) is 11.5 Å². The summed E-state index contributed by atoms with van der Waals surface area (Å²) >= 11 is 0. The summed E-state index contributed by atoms with van der Waals surface area (Å²) in [4.78, 5) is 20.9. The van der Waals surface area contributed by atoms with E-state index in [2.05, 4.69) is 9.98 Å². The number of nitrogens with two attached hydrogens (primary N) is 2. The predicted molar refractivity (Wildman–Crippen MR) is 91.7 cm³/mol. The molecule has 0 atom stereocenters. The molecule has 126 valence electrons. The Balaban J connectivity index is 0.00000208. The number of fused-ring (bicyclic) bond motifs is 1. The lowest BCUT2D eigenvalue weighted by atomic mass is 9.91. The number of guanidine groups is 1. The number of carbonyl (C=O) groups is 1. The lowest BCUT2D eigenvalue weighted by molar-refractivity contribution is 0.203. The van der Waals surface area contributed by atoms with Gasteiger partial charge in [0.2, 0.25) is 0 Å². The largest absolute Gasteiger partial charge is 0.370 e. The van der Waals surface area contributed by atoms with Crippen LogP contribution in [0.5, 0.6) is 0 Å². The summed E-state index contributed by atoms with van der Waals surface area (Å²) in [5.74, 6) is -0.664. The highest BCUT2D eigenvalue weighted by Gasteiger charge is 2.23. The molecule has 6 nitrogen and oxygen atoms in total. The number of benzene rings is 1. The molecule has 0 radical (unpaired) electrons. The molecule has 0 spiro atoms.